The van der Waals surface area contributed by atoms with Gasteiger partial charge >= 0.3 is 6.18 Å². The zero-order chi connectivity index (χ0) is 11.4. The molecule has 0 aromatic heterocycles. The van der Waals surface area contributed by atoms with Crippen LogP contribution in [0.2, 0.25) is 0 Å². The number of carbonyl (C=O) groups excluding carboxylic acids is 1. The highest BCUT2D eigenvalue weighted by Crippen LogP contribution is 2.32. The Kier molecular flexibility index (Phi) is 4.94. The Hall–Kier alpha value is -0.740. The number of rotatable bonds is 4. The predicted octanol–water partition coefficient (Wildman–Crippen LogP) is 2.49. The van der Waals surface area contributed by atoms with Gasteiger partial charge in [-0.3, -0.25) is 4.79 Å². The van der Waals surface area contributed by atoms with Gasteiger partial charge in [-0.1, -0.05) is 13.3 Å². The maximum atomic E-state index is 12.5. The average Bonchev–Trinajstić information content (AvgIpc) is 1.96. The molecule has 84 valence electrons. The van der Waals surface area contributed by atoms with Crippen molar-refractivity contribution in [3.63, 3.8) is 0 Å². The summed E-state index contributed by atoms with van der Waals surface area (Å²) in [6.07, 6.45) is -3.74. The molecule has 0 aromatic carbocycles. The van der Waals surface area contributed by atoms with Gasteiger partial charge in [-0.2, -0.15) is 13.2 Å². The molecule has 0 rings (SSSR count). The van der Waals surface area contributed by atoms with Crippen molar-refractivity contribution < 1.29 is 18.0 Å². The summed E-state index contributed by atoms with van der Waals surface area (Å²) in [5.74, 6) is -1.88. The van der Waals surface area contributed by atoms with Crippen LogP contribution in [0.25, 0.3) is 0 Å². The molecule has 0 saturated heterocycles. The van der Waals surface area contributed by atoms with E-state index >= 15 is 0 Å². The first kappa shape index (κ1) is 13.3. The molecule has 2 nitrogen and oxygen atoms in total. The molecule has 0 radical (unpaired) electrons. The average molecular weight is 211 g/mol. The Morgan fingerprint density at radius 3 is 2.21 bits per heavy atom. The van der Waals surface area contributed by atoms with Crippen LogP contribution in [0.4, 0.5) is 13.2 Å². The van der Waals surface area contributed by atoms with Gasteiger partial charge in [0.25, 0.3) is 0 Å². The standard InChI is InChI=1S/C9H16F3NO/c1-4-5-8(9(10,11)12)6(2)13-7(3)14/h6,8H,4-5H2,1-3H3,(H,13,14). The zero-order valence-electron chi connectivity index (χ0n) is 8.61. The third-order valence-corrected chi connectivity index (χ3v) is 2.05. The summed E-state index contributed by atoms with van der Waals surface area (Å²) in [5.41, 5.74) is 0. The van der Waals surface area contributed by atoms with Crippen LogP contribution in [0.3, 0.4) is 0 Å². The smallest absolute Gasteiger partial charge is 0.353 e. The predicted molar refractivity (Wildman–Crippen MR) is 47.7 cm³/mol. The van der Waals surface area contributed by atoms with Crippen molar-refractivity contribution in [3.8, 4) is 0 Å². The second-order valence-electron chi connectivity index (χ2n) is 3.43. The summed E-state index contributed by atoms with van der Waals surface area (Å²) in [6, 6.07) is -0.854. The van der Waals surface area contributed by atoms with E-state index in [0.717, 1.165) is 0 Å². The fourth-order valence-electron chi connectivity index (χ4n) is 1.43. The molecule has 5 heteroatoms. The molecule has 0 saturated carbocycles. The fraction of sp³-hybridized carbons (Fsp3) is 0.889. The minimum absolute atomic E-state index is 0.0466. The number of alkyl halides is 3. The molecule has 0 aliphatic carbocycles. The highest BCUT2D eigenvalue weighted by molar-refractivity contribution is 5.73. The second-order valence-corrected chi connectivity index (χ2v) is 3.43. The molecule has 0 bridgehead atoms. The van der Waals surface area contributed by atoms with E-state index in [9.17, 15) is 18.0 Å². The first-order valence-electron chi connectivity index (χ1n) is 4.62. The number of hydrogen-bond acceptors (Lipinski definition) is 1. The Morgan fingerprint density at radius 2 is 1.93 bits per heavy atom. The molecule has 0 aromatic rings. The second kappa shape index (κ2) is 5.22. The third kappa shape index (κ3) is 4.48. The SMILES string of the molecule is CCCC(C(C)NC(C)=O)C(F)(F)F. The van der Waals surface area contributed by atoms with Crippen molar-refractivity contribution in [3.05, 3.63) is 0 Å². The van der Waals surface area contributed by atoms with Crippen LogP contribution in [0.1, 0.15) is 33.6 Å². The van der Waals surface area contributed by atoms with Crippen molar-refractivity contribution in [1.82, 2.24) is 5.32 Å². The maximum absolute atomic E-state index is 12.5. The Balaban J connectivity index is 4.40. The van der Waals surface area contributed by atoms with Crippen LogP contribution in [-0.2, 0) is 4.79 Å². The quantitative estimate of drug-likeness (QED) is 0.760. The van der Waals surface area contributed by atoms with Gasteiger partial charge in [-0.15, -0.1) is 0 Å². The summed E-state index contributed by atoms with van der Waals surface area (Å²) in [4.78, 5) is 10.6. The summed E-state index contributed by atoms with van der Waals surface area (Å²) >= 11 is 0. The lowest BCUT2D eigenvalue weighted by Gasteiger charge is -2.26. The highest BCUT2D eigenvalue weighted by atomic mass is 19.4. The van der Waals surface area contributed by atoms with Crippen molar-refractivity contribution in [2.24, 2.45) is 5.92 Å². The van der Waals surface area contributed by atoms with E-state index in [4.69, 9.17) is 0 Å². The van der Waals surface area contributed by atoms with Gasteiger partial charge in [-0.05, 0) is 13.3 Å². The van der Waals surface area contributed by atoms with Crippen molar-refractivity contribution >= 4 is 5.91 Å². The van der Waals surface area contributed by atoms with E-state index in [0.29, 0.717) is 6.42 Å². The molecule has 1 N–H and O–H groups in total. The van der Waals surface area contributed by atoms with E-state index < -0.39 is 24.0 Å². The molecular weight excluding hydrogens is 195 g/mol. The van der Waals surface area contributed by atoms with E-state index in [2.05, 4.69) is 5.32 Å². The normalized spacial score (nSPS) is 16.1. The van der Waals surface area contributed by atoms with Gasteiger partial charge in [0, 0.05) is 13.0 Å². The van der Waals surface area contributed by atoms with Crippen molar-refractivity contribution in [1.29, 1.82) is 0 Å². The van der Waals surface area contributed by atoms with Crippen LogP contribution < -0.4 is 5.32 Å². The van der Waals surface area contributed by atoms with E-state index in [1.54, 1.807) is 6.92 Å². The maximum Gasteiger partial charge on any atom is 0.393 e. The molecule has 0 fully saturated rings. The monoisotopic (exact) mass is 211 g/mol. The number of nitrogens with one attached hydrogen (secondary N) is 1. The number of amides is 1. The molecule has 0 spiro atoms. The fourth-order valence-corrected chi connectivity index (χ4v) is 1.43. The molecule has 1 amide bonds. The lowest BCUT2D eigenvalue weighted by Crippen LogP contribution is -2.43. The minimum Gasteiger partial charge on any atom is -0.353 e. The lowest BCUT2D eigenvalue weighted by atomic mass is 9.95. The molecule has 0 aliphatic heterocycles. The zero-order valence-corrected chi connectivity index (χ0v) is 8.61. The molecule has 2 unspecified atom stereocenters. The van der Waals surface area contributed by atoms with Crippen LogP contribution in [-0.4, -0.2) is 18.1 Å². The van der Waals surface area contributed by atoms with Crippen LogP contribution in [0.15, 0.2) is 0 Å². The first-order valence-corrected chi connectivity index (χ1v) is 4.62. The lowest BCUT2D eigenvalue weighted by molar-refractivity contribution is -0.183. The van der Waals surface area contributed by atoms with Gasteiger partial charge in [-0.25, -0.2) is 0 Å². The van der Waals surface area contributed by atoms with Gasteiger partial charge in [0.1, 0.15) is 0 Å². The van der Waals surface area contributed by atoms with E-state index in [1.807, 2.05) is 0 Å². The topological polar surface area (TPSA) is 29.1 Å². The van der Waals surface area contributed by atoms with Crippen LogP contribution >= 0.6 is 0 Å². The first-order chi connectivity index (χ1) is 6.29. The molecule has 0 aliphatic rings. The summed E-state index contributed by atoms with van der Waals surface area (Å²) < 4.78 is 37.4. The largest absolute Gasteiger partial charge is 0.393 e. The third-order valence-electron chi connectivity index (χ3n) is 2.05. The molecule has 2 atom stereocenters. The van der Waals surface area contributed by atoms with Crippen LogP contribution in [0.5, 0.6) is 0 Å². The summed E-state index contributed by atoms with van der Waals surface area (Å²) in [6.45, 7) is 4.30. The Morgan fingerprint density at radius 1 is 1.43 bits per heavy atom. The Labute approximate surface area is 81.9 Å². The van der Waals surface area contributed by atoms with Gasteiger partial charge in [0.05, 0.1) is 5.92 Å². The number of hydrogen-bond donors (Lipinski definition) is 1. The molecular formula is C9H16F3NO. The molecule has 14 heavy (non-hydrogen) atoms. The Bertz CT molecular complexity index is 191. The van der Waals surface area contributed by atoms with Crippen molar-refractivity contribution in [2.45, 2.75) is 45.8 Å². The number of carbonyl (C=O) groups is 1. The van der Waals surface area contributed by atoms with Crippen molar-refractivity contribution in [2.75, 3.05) is 0 Å². The summed E-state index contributed by atoms with van der Waals surface area (Å²) in [7, 11) is 0. The summed E-state index contributed by atoms with van der Waals surface area (Å²) in [5, 5.41) is 2.28. The van der Waals surface area contributed by atoms with Gasteiger partial charge in [0.2, 0.25) is 5.91 Å². The highest BCUT2D eigenvalue weighted by Gasteiger charge is 2.42. The van der Waals surface area contributed by atoms with E-state index in [-0.39, 0.29) is 6.42 Å². The van der Waals surface area contributed by atoms with E-state index in [1.165, 1.54) is 13.8 Å². The number of halogens is 3. The van der Waals surface area contributed by atoms with Crippen LogP contribution in [0, 0.1) is 5.92 Å². The minimum atomic E-state index is -4.24. The van der Waals surface area contributed by atoms with Gasteiger partial charge < -0.3 is 5.32 Å². The van der Waals surface area contributed by atoms with Gasteiger partial charge in [0.15, 0.2) is 0 Å². The molecule has 0 heterocycles.